The first kappa shape index (κ1) is 17.2. The van der Waals surface area contributed by atoms with E-state index in [1.807, 2.05) is 18.2 Å². The van der Waals surface area contributed by atoms with Crippen molar-refractivity contribution in [3.63, 3.8) is 0 Å². The predicted molar refractivity (Wildman–Crippen MR) is 104 cm³/mol. The summed E-state index contributed by atoms with van der Waals surface area (Å²) in [6.45, 7) is 0. The van der Waals surface area contributed by atoms with Crippen LogP contribution in [0.15, 0.2) is 73.2 Å². The molecule has 2 aromatic carbocycles. The molecule has 0 aliphatic carbocycles. The van der Waals surface area contributed by atoms with Crippen LogP contribution in [0.1, 0.15) is 5.56 Å². The first-order chi connectivity index (χ1) is 13.6. The number of halogens is 1. The number of nitrogens with one attached hydrogen (secondary N) is 2. The van der Waals surface area contributed by atoms with Crippen LogP contribution in [0.5, 0.6) is 0 Å². The van der Waals surface area contributed by atoms with Gasteiger partial charge in [-0.05, 0) is 54.1 Å². The van der Waals surface area contributed by atoms with Gasteiger partial charge in [-0.1, -0.05) is 12.1 Å². The molecular weight excluding hydrogens is 357 g/mol. The lowest BCUT2D eigenvalue weighted by molar-refractivity contribution is 0.262. The first-order valence-corrected chi connectivity index (χ1v) is 8.43. The summed E-state index contributed by atoms with van der Waals surface area (Å²) in [4.78, 5) is 16.7. The number of anilines is 2. The average Bonchev–Trinajstić information content (AvgIpc) is 3.18. The molecule has 2 amide bonds. The van der Waals surface area contributed by atoms with E-state index in [1.165, 1.54) is 12.1 Å². The Morgan fingerprint density at radius 1 is 1.07 bits per heavy atom. The molecule has 2 N–H and O–H groups in total. The molecule has 28 heavy (non-hydrogen) atoms. The molecule has 0 fully saturated rings. The molecule has 4 aromatic rings. The number of rotatable bonds is 3. The maximum atomic E-state index is 13.7. The minimum atomic E-state index is -0.469. The van der Waals surface area contributed by atoms with Crippen LogP contribution in [0, 0.1) is 17.1 Å². The molecule has 0 saturated heterocycles. The van der Waals surface area contributed by atoms with Crippen molar-refractivity contribution in [2.24, 2.45) is 0 Å². The number of hydrogen-bond acceptors (Lipinski definition) is 3. The van der Waals surface area contributed by atoms with Gasteiger partial charge >= 0.3 is 6.03 Å². The second kappa shape index (κ2) is 7.21. The SMILES string of the molecule is N#Cc1ccc(NC(=O)Nc2c(-c3cccc(F)c3)ccc3cncn23)cc1. The van der Waals surface area contributed by atoms with Gasteiger partial charge in [0.2, 0.25) is 0 Å². The fraction of sp³-hybridized carbons (Fsp3) is 0. The van der Waals surface area contributed by atoms with Crippen molar-refractivity contribution in [1.29, 1.82) is 5.26 Å². The molecule has 136 valence electrons. The summed E-state index contributed by atoms with van der Waals surface area (Å²) in [6, 6.07) is 17.9. The topological polar surface area (TPSA) is 82.2 Å². The molecule has 0 saturated carbocycles. The monoisotopic (exact) mass is 371 g/mol. The van der Waals surface area contributed by atoms with Gasteiger partial charge in [-0.3, -0.25) is 9.72 Å². The number of imidazole rings is 1. The molecular formula is C21H14FN5O. The standard InChI is InChI=1S/C21H14FN5O/c22-16-3-1-2-15(10-16)19-9-8-18-12-24-13-27(18)20(19)26-21(28)25-17-6-4-14(11-23)5-7-17/h1-10,12-13H,(H2,25,26,28). The Bertz CT molecular complexity index is 1210. The van der Waals surface area contributed by atoms with Crippen LogP contribution in [0.3, 0.4) is 0 Å². The highest BCUT2D eigenvalue weighted by atomic mass is 19.1. The molecule has 2 heterocycles. The summed E-state index contributed by atoms with van der Waals surface area (Å²) < 4.78 is 15.4. The van der Waals surface area contributed by atoms with Crippen LogP contribution in [0.25, 0.3) is 16.6 Å². The van der Waals surface area contributed by atoms with Crippen molar-refractivity contribution in [2.75, 3.05) is 10.6 Å². The lowest BCUT2D eigenvalue weighted by Gasteiger charge is -2.14. The number of hydrogen-bond donors (Lipinski definition) is 2. The highest BCUT2D eigenvalue weighted by Gasteiger charge is 2.14. The van der Waals surface area contributed by atoms with E-state index < -0.39 is 6.03 Å². The summed E-state index contributed by atoms with van der Waals surface area (Å²) >= 11 is 0. The highest BCUT2D eigenvalue weighted by Crippen LogP contribution is 2.30. The highest BCUT2D eigenvalue weighted by molar-refractivity contribution is 6.02. The van der Waals surface area contributed by atoms with Crippen LogP contribution in [-0.4, -0.2) is 15.4 Å². The second-order valence-electron chi connectivity index (χ2n) is 6.06. The van der Waals surface area contributed by atoms with E-state index in [9.17, 15) is 9.18 Å². The molecule has 0 unspecified atom stereocenters. The van der Waals surface area contributed by atoms with E-state index in [0.29, 0.717) is 28.2 Å². The molecule has 2 aromatic heterocycles. The molecule has 0 aliphatic rings. The van der Waals surface area contributed by atoms with Gasteiger partial charge in [-0.2, -0.15) is 5.26 Å². The minimum Gasteiger partial charge on any atom is -0.308 e. The summed E-state index contributed by atoms with van der Waals surface area (Å²) in [5.41, 5.74) is 3.11. The summed E-state index contributed by atoms with van der Waals surface area (Å²) in [6.07, 6.45) is 3.24. The summed E-state index contributed by atoms with van der Waals surface area (Å²) in [5, 5.41) is 14.4. The third-order valence-electron chi connectivity index (χ3n) is 4.22. The van der Waals surface area contributed by atoms with Crippen LogP contribution in [0.2, 0.25) is 0 Å². The Morgan fingerprint density at radius 2 is 1.89 bits per heavy atom. The second-order valence-corrected chi connectivity index (χ2v) is 6.06. The van der Waals surface area contributed by atoms with E-state index >= 15 is 0 Å². The fourth-order valence-corrected chi connectivity index (χ4v) is 2.91. The third-order valence-corrected chi connectivity index (χ3v) is 4.22. The van der Waals surface area contributed by atoms with Crippen LogP contribution < -0.4 is 10.6 Å². The largest absolute Gasteiger partial charge is 0.324 e. The van der Waals surface area contributed by atoms with Crippen molar-refractivity contribution >= 4 is 23.1 Å². The lowest BCUT2D eigenvalue weighted by Crippen LogP contribution is -2.21. The Labute approximate surface area is 159 Å². The fourth-order valence-electron chi connectivity index (χ4n) is 2.91. The third kappa shape index (κ3) is 3.39. The number of nitriles is 1. The Hall–Kier alpha value is -4.18. The zero-order chi connectivity index (χ0) is 19.5. The Balaban J connectivity index is 1.68. The van der Waals surface area contributed by atoms with Crippen molar-refractivity contribution in [1.82, 2.24) is 9.38 Å². The number of urea groups is 1. The van der Waals surface area contributed by atoms with Gasteiger partial charge in [-0.25, -0.2) is 14.2 Å². The van der Waals surface area contributed by atoms with E-state index in [0.717, 1.165) is 5.52 Å². The van der Waals surface area contributed by atoms with E-state index in [2.05, 4.69) is 15.6 Å². The maximum absolute atomic E-state index is 13.7. The summed E-state index contributed by atoms with van der Waals surface area (Å²) in [5.74, 6) is 0.1000. The van der Waals surface area contributed by atoms with Gasteiger partial charge in [0.15, 0.2) is 0 Å². The average molecular weight is 371 g/mol. The molecule has 0 bridgehead atoms. The minimum absolute atomic E-state index is 0.365. The molecule has 0 atom stereocenters. The maximum Gasteiger partial charge on any atom is 0.324 e. The number of nitrogens with zero attached hydrogens (tertiary/aromatic N) is 3. The Kier molecular flexibility index (Phi) is 4.44. The van der Waals surface area contributed by atoms with E-state index in [4.69, 9.17) is 5.26 Å². The van der Waals surface area contributed by atoms with Crippen molar-refractivity contribution < 1.29 is 9.18 Å². The predicted octanol–water partition coefficient (Wildman–Crippen LogP) is 4.66. The van der Waals surface area contributed by atoms with Crippen LogP contribution in [-0.2, 0) is 0 Å². The van der Waals surface area contributed by atoms with Crippen LogP contribution in [0.4, 0.5) is 20.7 Å². The van der Waals surface area contributed by atoms with Gasteiger partial charge in [0, 0.05) is 11.3 Å². The summed E-state index contributed by atoms with van der Waals surface area (Å²) in [7, 11) is 0. The van der Waals surface area contributed by atoms with Gasteiger partial charge in [0.05, 0.1) is 23.3 Å². The number of carbonyl (C=O) groups excluding carboxylic acids is 1. The van der Waals surface area contributed by atoms with Gasteiger partial charge in [-0.15, -0.1) is 0 Å². The van der Waals surface area contributed by atoms with Crippen molar-refractivity contribution in [2.45, 2.75) is 0 Å². The number of fused-ring (bicyclic) bond motifs is 1. The number of pyridine rings is 1. The molecule has 0 aliphatic heterocycles. The van der Waals surface area contributed by atoms with Crippen LogP contribution >= 0.6 is 0 Å². The number of amides is 2. The van der Waals surface area contributed by atoms with Gasteiger partial charge < -0.3 is 5.32 Å². The van der Waals surface area contributed by atoms with Crippen molar-refractivity contribution in [3.8, 4) is 17.2 Å². The van der Waals surface area contributed by atoms with E-state index in [-0.39, 0.29) is 5.82 Å². The van der Waals surface area contributed by atoms with E-state index in [1.54, 1.807) is 53.3 Å². The van der Waals surface area contributed by atoms with Gasteiger partial charge in [0.1, 0.15) is 18.0 Å². The molecule has 6 nitrogen and oxygen atoms in total. The number of carbonyl (C=O) groups is 1. The molecule has 0 spiro atoms. The molecule has 0 radical (unpaired) electrons. The Morgan fingerprint density at radius 3 is 2.64 bits per heavy atom. The normalized spacial score (nSPS) is 10.4. The quantitative estimate of drug-likeness (QED) is 0.550. The lowest BCUT2D eigenvalue weighted by atomic mass is 10.1. The zero-order valence-electron chi connectivity index (χ0n) is 14.6. The smallest absolute Gasteiger partial charge is 0.308 e. The van der Waals surface area contributed by atoms with Crippen molar-refractivity contribution in [3.05, 3.63) is 84.6 Å². The number of benzene rings is 2. The number of aromatic nitrogens is 2. The molecule has 4 rings (SSSR count). The zero-order valence-corrected chi connectivity index (χ0v) is 14.6. The first-order valence-electron chi connectivity index (χ1n) is 8.43. The molecule has 7 heteroatoms. The van der Waals surface area contributed by atoms with Gasteiger partial charge in [0.25, 0.3) is 0 Å².